The maximum Gasteiger partial charge on any atom is 0.267 e. The molecule has 1 aromatic heterocycles. The van der Waals surface area contributed by atoms with Gasteiger partial charge in [-0.05, 0) is 36.8 Å². The first-order chi connectivity index (χ1) is 8.24. The molecule has 0 aliphatic heterocycles. The Morgan fingerprint density at radius 3 is 3.00 bits per heavy atom. The van der Waals surface area contributed by atoms with Crippen molar-refractivity contribution in [2.45, 2.75) is 13.5 Å². The topological polar surface area (TPSA) is 54.3 Å². The van der Waals surface area contributed by atoms with Crippen molar-refractivity contribution in [2.24, 2.45) is 0 Å². The number of rotatable bonds is 3. The zero-order valence-corrected chi connectivity index (χ0v) is 9.55. The van der Waals surface area contributed by atoms with Gasteiger partial charge in [0, 0.05) is 29.7 Å². The molecule has 0 spiro atoms. The van der Waals surface area contributed by atoms with Gasteiger partial charge in [-0.3, -0.25) is 10.0 Å². The van der Waals surface area contributed by atoms with Crippen LogP contribution in [0.2, 0.25) is 0 Å². The van der Waals surface area contributed by atoms with Gasteiger partial charge >= 0.3 is 0 Å². The molecular formula is C13H14N2O2. The number of benzene rings is 1. The largest absolute Gasteiger partial charge is 0.348 e. The molecule has 0 unspecified atom stereocenters. The summed E-state index contributed by atoms with van der Waals surface area (Å²) in [5.41, 5.74) is 3.66. The van der Waals surface area contributed by atoms with Crippen LogP contribution in [0, 0.1) is 0 Å². The molecule has 2 rings (SSSR count). The van der Waals surface area contributed by atoms with E-state index in [1.165, 1.54) is 11.6 Å². The summed E-state index contributed by atoms with van der Waals surface area (Å²) >= 11 is 0. The van der Waals surface area contributed by atoms with Crippen molar-refractivity contribution < 1.29 is 10.0 Å². The monoisotopic (exact) mass is 230 g/mol. The summed E-state index contributed by atoms with van der Waals surface area (Å²) in [7, 11) is 0. The number of aryl methyl sites for hydroxylation is 1. The highest BCUT2D eigenvalue weighted by Gasteiger charge is 1.99. The second-order valence-electron chi connectivity index (χ2n) is 3.73. The SMILES string of the molecule is CCn1ccc2cc(/C=C/C(=O)NO)ccc21. The lowest BCUT2D eigenvalue weighted by Crippen LogP contribution is -2.14. The predicted octanol–water partition coefficient (Wildman–Crippen LogP) is 2.18. The van der Waals surface area contributed by atoms with E-state index in [4.69, 9.17) is 5.21 Å². The van der Waals surface area contributed by atoms with Gasteiger partial charge in [0.2, 0.25) is 0 Å². The van der Waals surface area contributed by atoms with E-state index in [0.717, 1.165) is 17.5 Å². The number of hydrogen-bond acceptors (Lipinski definition) is 2. The predicted molar refractivity (Wildman–Crippen MR) is 66.6 cm³/mol. The third-order valence-corrected chi connectivity index (χ3v) is 2.67. The molecule has 0 saturated carbocycles. The van der Waals surface area contributed by atoms with Gasteiger partial charge in [0.1, 0.15) is 0 Å². The summed E-state index contributed by atoms with van der Waals surface area (Å²) < 4.78 is 2.16. The highest BCUT2D eigenvalue weighted by molar-refractivity contribution is 5.92. The normalized spacial score (nSPS) is 11.2. The van der Waals surface area contributed by atoms with Crippen LogP contribution in [0.25, 0.3) is 17.0 Å². The van der Waals surface area contributed by atoms with Gasteiger partial charge in [0.25, 0.3) is 5.91 Å². The van der Waals surface area contributed by atoms with Crippen LogP contribution in [0.1, 0.15) is 12.5 Å². The minimum absolute atomic E-state index is 0.531. The number of carbonyl (C=O) groups is 1. The molecule has 0 fully saturated rings. The van der Waals surface area contributed by atoms with Crippen LogP contribution in [-0.4, -0.2) is 15.7 Å². The molecule has 0 atom stereocenters. The standard InChI is InChI=1S/C13H14N2O2/c1-2-15-8-7-11-9-10(3-5-12(11)15)4-6-13(16)14-17/h3-9,17H,2H2,1H3,(H,14,16)/b6-4+. The van der Waals surface area contributed by atoms with Gasteiger partial charge in [-0.2, -0.15) is 0 Å². The Kier molecular flexibility index (Phi) is 3.25. The Morgan fingerprint density at radius 1 is 1.47 bits per heavy atom. The molecule has 0 aliphatic rings. The molecule has 88 valence electrons. The Morgan fingerprint density at radius 2 is 2.29 bits per heavy atom. The number of fused-ring (bicyclic) bond motifs is 1. The lowest BCUT2D eigenvalue weighted by Gasteiger charge is -2.00. The first-order valence-corrected chi connectivity index (χ1v) is 5.45. The van der Waals surface area contributed by atoms with Gasteiger partial charge in [0.05, 0.1) is 0 Å². The number of nitrogens with one attached hydrogen (secondary N) is 1. The Bertz CT molecular complexity index is 570. The molecule has 0 radical (unpaired) electrons. The fraction of sp³-hybridized carbons (Fsp3) is 0.154. The van der Waals surface area contributed by atoms with Crippen LogP contribution in [-0.2, 0) is 11.3 Å². The second-order valence-corrected chi connectivity index (χ2v) is 3.73. The third kappa shape index (κ3) is 2.37. The van der Waals surface area contributed by atoms with Crippen molar-refractivity contribution in [1.29, 1.82) is 0 Å². The summed E-state index contributed by atoms with van der Waals surface area (Å²) in [4.78, 5) is 10.8. The fourth-order valence-electron chi connectivity index (χ4n) is 1.81. The summed E-state index contributed by atoms with van der Waals surface area (Å²) in [6.45, 7) is 3.03. The van der Waals surface area contributed by atoms with Crippen molar-refractivity contribution in [3.63, 3.8) is 0 Å². The first-order valence-electron chi connectivity index (χ1n) is 5.45. The Hall–Kier alpha value is -2.07. The van der Waals surface area contributed by atoms with Crippen LogP contribution in [0.15, 0.2) is 36.5 Å². The number of nitrogens with zero attached hydrogens (tertiary/aromatic N) is 1. The van der Waals surface area contributed by atoms with E-state index in [1.54, 1.807) is 11.6 Å². The molecule has 4 nitrogen and oxygen atoms in total. The zero-order valence-electron chi connectivity index (χ0n) is 9.55. The lowest BCUT2D eigenvalue weighted by molar-refractivity contribution is -0.124. The quantitative estimate of drug-likeness (QED) is 0.482. The average molecular weight is 230 g/mol. The molecule has 0 bridgehead atoms. The van der Waals surface area contributed by atoms with Gasteiger partial charge in [-0.15, -0.1) is 0 Å². The van der Waals surface area contributed by atoms with E-state index >= 15 is 0 Å². The van der Waals surface area contributed by atoms with Gasteiger partial charge in [0.15, 0.2) is 0 Å². The van der Waals surface area contributed by atoms with Crippen molar-refractivity contribution in [3.8, 4) is 0 Å². The number of hydrogen-bond donors (Lipinski definition) is 2. The van der Waals surface area contributed by atoms with Gasteiger partial charge < -0.3 is 4.57 Å². The van der Waals surface area contributed by atoms with E-state index in [0.29, 0.717) is 0 Å². The van der Waals surface area contributed by atoms with Crippen LogP contribution < -0.4 is 5.48 Å². The lowest BCUT2D eigenvalue weighted by atomic mass is 10.1. The molecule has 0 saturated heterocycles. The number of aromatic nitrogens is 1. The maximum atomic E-state index is 10.8. The molecule has 1 amide bonds. The summed E-state index contributed by atoms with van der Waals surface area (Å²) in [5, 5.41) is 9.50. The van der Waals surface area contributed by atoms with Crippen molar-refractivity contribution in [3.05, 3.63) is 42.1 Å². The number of carbonyl (C=O) groups excluding carboxylic acids is 1. The van der Waals surface area contributed by atoms with Crippen LogP contribution in [0.3, 0.4) is 0 Å². The van der Waals surface area contributed by atoms with Crippen LogP contribution >= 0.6 is 0 Å². The van der Waals surface area contributed by atoms with Gasteiger partial charge in [-0.25, -0.2) is 5.48 Å². The summed E-state index contributed by atoms with van der Waals surface area (Å²) in [6, 6.07) is 8.01. The van der Waals surface area contributed by atoms with Gasteiger partial charge in [-0.1, -0.05) is 6.07 Å². The summed E-state index contributed by atoms with van der Waals surface area (Å²) in [6.07, 6.45) is 4.99. The van der Waals surface area contributed by atoms with E-state index in [9.17, 15) is 4.79 Å². The molecule has 0 aliphatic carbocycles. The minimum Gasteiger partial charge on any atom is -0.348 e. The zero-order chi connectivity index (χ0) is 12.3. The molecule has 1 aromatic carbocycles. The molecule has 1 heterocycles. The number of hydroxylamine groups is 1. The van der Waals surface area contributed by atoms with Crippen molar-refractivity contribution in [1.82, 2.24) is 10.0 Å². The highest BCUT2D eigenvalue weighted by atomic mass is 16.5. The Labute approximate surface area is 99.1 Å². The Balaban J connectivity index is 2.32. The molecule has 4 heteroatoms. The number of amides is 1. The van der Waals surface area contributed by atoms with E-state index in [1.807, 2.05) is 30.5 Å². The fourth-order valence-corrected chi connectivity index (χ4v) is 1.81. The van der Waals surface area contributed by atoms with Crippen molar-refractivity contribution >= 4 is 22.9 Å². The van der Waals surface area contributed by atoms with Crippen LogP contribution in [0.5, 0.6) is 0 Å². The highest BCUT2D eigenvalue weighted by Crippen LogP contribution is 2.18. The molecule has 2 aromatic rings. The second kappa shape index (κ2) is 4.84. The minimum atomic E-state index is -0.531. The van der Waals surface area contributed by atoms with Crippen molar-refractivity contribution in [2.75, 3.05) is 0 Å². The molecule has 2 N–H and O–H groups in total. The average Bonchev–Trinajstić information content (AvgIpc) is 2.78. The maximum absolute atomic E-state index is 10.8. The van der Waals surface area contributed by atoms with E-state index < -0.39 is 5.91 Å². The van der Waals surface area contributed by atoms with E-state index in [-0.39, 0.29) is 0 Å². The van der Waals surface area contributed by atoms with E-state index in [2.05, 4.69) is 11.5 Å². The summed E-state index contributed by atoms with van der Waals surface area (Å²) in [5.74, 6) is -0.531. The molecule has 17 heavy (non-hydrogen) atoms. The molecular weight excluding hydrogens is 216 g/mol. The van der Waals surface area contributed by atoms with Crippen LogP contribution in [0.4, 0.5) is 0 Å². The smallest absolute Gasteiger partial charge is 0.267 e. The first kappa shape index (κ1) is 11.4. The third-order valence-electron chi connectivity index (χ3n) is 2.67.